The fraction of sp³-hybridized carbons (Fsp3) is 0.182. The Labute approximate surface area is 185 Å². The lowest BCUT2D eigenvalue weighted by Gasteiger charge is -2.28. The standard InChI is InChI=1S/C22H16BrClN4O2/c23-15-3-4-19-16(8-15)20(24)17(22(29)30-19)12-28-7-5-18-14(11-28)10-26-21(27-18)13-2-1-6-25-9-13/h1-4,6,8-10H,5,7,11-12H2. The number of halogens is 2. The van der Waals surface area contributed by atoms with Gasteiger partial charge in [-0.15, -0.1) is 0 Å². The van der Waals surface area contributed by atoms with Crippen LogP contribution in [0, 0.1) is 0 Å². The first-order valence-electron chi connectivity index (χ1n) is 9.47. The van der Waals surface area contributed by atoms with Gasteiger partial charge in [-0.3, -0.25) is 9.88 Å². The summed E-state index contributed by atoms with van der Waals surface area (Å²) in [5, 5.41) is 1.17. The van der Waals surface area contributed by atoms with Gasteiger partial charge in [0.25, 0.3) is 0 Å². The van der Waals surface area contributed by atoms with E-state index in [4.69, 9.17) is 21.0 Å². The van der Waals surface area contributed by atoms with Gasteiger partial charge in [0, 0.05) is 65.6 Å². The van der Waals surface area contributed by atoms with Crippen LogP contribution in [0.2, 0.25) is 5.02 Å². The third-order valence-electron chi connectivity index (χ3n) is 5.21. The van der Waals surface area contributed by atoms with Crippen molar-refractivity contribution >= 4 is 38.5 Å². The summed E-state index contributed by atoms with van der Waals surface area (Å²) in [4.78, 5) is 28.1. The molecule has 1 aliphatic rings. The minimum absolute atomic E-state index is 0.399. The van der Waals surface area contributed by atoms with Crippen LogP contribution in [0.15, 0.2) is 62.6 Å². The molecule has 4 heterocycles. The highest BCUT2D eigenvalue weighted by atomic mass is 79.9. The van der Waals surface area contributed by atoms with Gasteiger partial charge in [-0.25, -0.2) is 14.8 Å². The zero-order valence-electron chi connectivity index (χ0n) is 15.8. The highest BCUT2D eigenvalue weighted by Gasteiger charge is 2.22. The lowest BCUT2D eigenvalue weighted by atomic mass is 10.1. The van der Waals surface area contributed by atoms with Crippen molar-refractivity contribution < 1.29 is 4.42 Å². The summed E-state index contributed by atoms with van der Waals surface area (Å²) in [6.07, 6.45) is 6.12. The fourth-order valence-corrected chi connectivity index (χ4v) is 4.32. The van der Waals surface area contributed by atoms with E-state index in [1.54, 1.807) is 18.5 Å². The van der Waals surface area contributed by atoms with Gasteiger partial charge >= 0.3 is 5.63 Å². The first-order valence-corrected chi connectivity index (χ1v) is 10.6. The highest BCUT2D eigenvalue weighted by molar-refractivity contribution is 9.10. The van der Waals surface area contributed by atoms with Crippen molar-refractivity contribution in [3.05, 3.63) is 85.7 Å². The Morgan fingerprint density at radius 3 is 2.97 bits per heavy atom. The van der Waals surface area contributed by atoms with Crippen molar-refractivity contribution in [1.29, 1.82) is 0 Å². The molecule has 0 amide bonds. The van der Waals surface area contributed by atoms with E-state index in [-0.39, 0.29) is 0 Å². The summed E-state index contributed by atoms with van der Waals surface area (Å²) in [5.41, 5.74) is 3.53. The maximum Gasteiger partial charge on any atom is 0.342 e. The van der Waals surface area contributed by atoms with Crippen LogP contribution in [0.25, 0.3) is 22.4 Å². The van der Waals surface area contributed by atoms with Crippen molar-refractivity contribution in [3.63, 3.8) is 0 Å². The third-order valence-corrected chi connectivity index (χ3v) is 6.13. The van der Waals surface area contributed by atoms with E-state index < -0.39 is 5.63 Å². The zero-order chi connectivity index (χ0) is 20.7. The molecule has 0 spiro atoms. The van der Waals surface area contributed by atoms with Crippen LogP contribution in [0.1, 0.15) is 16.8 Å². The molecule has 0 atom stereocenters. The van der Waals surface area contributed by atoms with Crippen LogP contribution in [-0.4, -0.2) is 26.4 Å². The van der Waals surface area contributed by atoms with Crippen LogP contribution in [0.5, 0.6) is 0 Å². The average molecular weight is 484 g/mol. The topological polar surface area (TPSA) is 72.1 Å². The van der Waals surface area contributed by atoms with E-state index in [2.05, 4.69) is 30.8 Å². The van der Waals surface area contributed by atoms with Gasteiger partial charge in [-0.1, -0.05) is 27.5 Å². The molecule has 0 saturated carbocycles. The molecule has 3 aromatic heterocycles. The van der Waals surface area contributed by atoms with Crippen molar-refractivity contribution in [2.75, 3.05) is 6.54 Å². The molecule has 6 nitrogen and oxygen atoms in total. The molecule has 4 aromatic rings. The van der Waals surface area contributed by atoms with Gasteiger partial charge in [0.1, 0.15) is 5.58 Å². The Balaban J connectivity index is 1.41. The molecule has 1 aromatic carbocycles. The smallest absolute Gasteiger partial charge is 0.342 e. The molecule has 0 radical (unpaired) electrons. The lowest BCUT2D eigenvalue weighted by molar-refractivity contribution is 0.240. The second-order valence-corrected chi connectivity index (χ2v) is 8.48. The van der Waals surface area contributed by atoms with Gasteiger partial charge in [0.2, 0.25) is 0 Å². The quantitative estimate of drug-likeness (QED) is 0.396. The summed E-state index contributed by atoms with van der Waals surface area (Å²) in [6, 6.07) is 9.25. The van der Waals surface area contributed by atoms with Gasteiger partial charge in [0.15, 0.2) is 5.82 Å². The molecule has 0 aliphatic carbocycles. The van der Waals surface area contributed by atoms with Gasteiger partial charge in [-0.05, 0) is 30.3 Å². The molecule has 5 rings (SSSR count). The summed E-state index contributed by atoms with van der Waals surface area (Å²) in [7, 11) is 0. The van der Waals surface area contributed by atoms with E-state index in [1.807, 2.05) is 30.5 Å². The average Bonchev–Trinajstić information content (AvgIpc) is 2.77. The predicted octanol–water partition coefficient (Wildman–Crippen LogP) is 4.62. The Morgan fingerprint density at radius 1 is 1.23 bits per heavy atom. The second kappa shape index (κ2) is 7.91. The molecule has 150 valence electrons. The molecule has 0 unspecified atom stereocenters. The molecule has 0 bridgehead atoms. The van der Waals surface area contributed by atoms with Crippen molar-refractivity contribution in [2.45, 2.75) is 19.5 Å². The van der Waals surface area contributed by atoms with Crippen LogP contribution < -0.4 is 5.63 Å². The number of nitrogens with zero attached hydrogens (tertiary/aromatic N) is 4. The number of aromatic nitrogens is 3. The van der Waals surface area contributed by atoms with E-state index in [9.17, 15) is 4.79 Å². The second-order valence-electron chi connectivity index (χ2n) is 7.19. The summed E-state index contributed by atoms with van der Waals surface area (Å²) < 4.78 is 6.37. The maximum absolute atomic E-state index is 12.5. The molecular formula is C22H16BrClN4O2. The monoisotopic (exact) mass is 482 g/mol. The van der Waals surface area contributed by atoms with Crippen molar-refractivity contribution in [3.8, 4) is 11.4 Å². The largest absolute Gasteiger partial charge is 0.422 e. The predicted molar refractivity (Wildman–Crippen MR) is 118 cm³/mol. The zero-order valence-corrected chi connectivity index (χ0v) is 18.2. The maximum atomic E-state index is 12.5. The molecule has 0 saturated heterocycles. The molecule has 1 aliphatic heterocycles. The van der Waals surface area contributed by atoms with Gasteiger partial charge in [-0.2, -0.15) is 0 Å². The number of pyridine rings is 1. The van der Waals surface area contributed by atoms with E-state index in [1.165, 1.54) is 0 Å². The van der Waals surface area contributed by atoms with Crippen molar-refractivity contribution in [1.82, 2.24) is 19.9 Å². The first kappa shape index (κ1) is 19.4. The number of hydrogen-bond donors (Lipinski definition) is 0. The number of benzene rings is 1. The number of hydrogen-bond acceptors (Lipinski definition) is 6. The minimum atomic E-state index is -0.399. The molecule has 0 fully saturated rings. The molecular weight excluding hydrogens is 468 g/mol. The van der Waals surface area contributed by atoms with E-state index >= 15 is 0 Å². The Kier molecular flexibility index (Phi) is 5.10. The molecule has 8 heteroatoms. The van der Waals surface area contributed by atoms with Gasteiger partial charge in [0.05, 0.1) is 16.3 Å². The molecule has 0 N–H and O–H groups in total. The third kappa shape index (κ3) is 3.64. The van der Waals surface area contributed by atoms with Crippen LogP contribution in [0.4, 0.5) is 0 Å². The highest BCUT2D eigenvalue weighted by Crippen LogP contribution is 2.29. The Morgan fingerprint density at radius 2 is 2.13 bits per heavy atom. The Hall–Kier alpha value is -2.61. The summed E-state index contributed by atoms with van der Waals surface area (Å²) in [5.74, 6) is 0.680. The summed E-state index contributed by atoms with van der Waals surface area (Å²) in [6.45, 7) is 1.82. The number of fused-ring (bicyclic) bond motifs is 2. The van der Waals surface area contributed by atoms with Crippen LogP contribution in [-0.2, 0) is 19.5 Å². The minimum Gasteiger partial charge on any atom is -0.422 e. The van der Waals surface area contributed by atoms with E-state index in [0.717, 1.165) is 39.6 Å². The SMILES string of the molecule is O=c1oc2ccc(Br)cc2c(Cl)c1CN1CCc2nc(-c3cccnc3)ncc2C1. The summed E-state index contributed by atoms with van der Waals surface area (Å²) >= 11 is 10.0. The fourth-order valence-electron chi connectivity index (χ4n) is 3.68. The Bertz CT molecular complexity index is 1310. The van der Waals surface area contributed by atoms with Gasteiger partial charge < -0.3 is 4.42 Å². The van der Waals surface area contributed by atoms with Crippen LogP contribution >= 0.6 is 27.5 Å². The lowest BCUT2D eigenvalue weighted by Crippen LogP contribution is -2.32. The number of rotatable bonds is 3. The first-order chi connectivity index (χ1) is 14.6. The van der Waals surface area contributed by atoms with E-state index in [0.29, 0.717) is 35.1 Å². The van der Waals surface area contributed by atoms with Crippen LogP contribution in [0.3, 0.4) is 0 Å². The van der Waals surface area contributed by atoms with Crippen molar-refractivity contribution in [2.24, 2.45) is 0 Å². The molecule has 30 heavy (non-hydrogen) atoms. The normalized spacial score (nSPS) is 14.1.